The SMILES string of the molecule is O=C(CNSc1c(F)c(F)c(F)c(F)c1F)N(Cc1ccc(C2CCCCC2)cn1)c1ccccc1. The summed E-state index contributed by atoms with van der Waals surface area (Å²) in [6, 6.07) is 12.7. The number of para-hydroxylation sites is 1. The monoisotopic (exact) mass is 521 g/mol. The van der Waals surface area contributed by atoms with Gasteiger partial charge in [0.2, 0.25) is 11.7 Å². The van der Waals surface area contributed by atoms with Crippen molar-refractivity contribution in [1.29, 1.82) is 0 Å². The number of carbonyl (C=O) groups excluding carboxylic acids is 1. The van der Waals surface area contributed by atoms with E-state index in [1.165, 1.54) is 29.7 Å². The van der Waals surface area contributed by atoms with E-state index in [0.717, 1.165) is 12.8 Å². The highest BCUT2D eigenvalue weighted by Gasteiger charge is 2.26. The molecule has 3 aromatic rings. The molecule has 1 aliphatic carbocycles. The third kappa shape index (κ3) is 5.87. The van der Waals surface area contributed by atoms with E-state index in [4.69, 9.17) is 0 Å². The lowest BCUT2D eigenvalue weighted by Crippen LogP contribution is -2.36. The quantitative estimate of drug-likeness (QED) is 0.156. The summed E-state index contributed by atoms with van der Waals surface area (Å²) in [4.78, 5) is 17.9. The number of pyridine rings is 1. The summed E-state index contributed by atoms with van der Waals surface area (Å²) in [6.45, 7) is -0.290. The first-order valence-electron chi connectivity index (χ1n) is 11.6. The number of benzene rings is 2. The van der Waals surface area contributed by atoms with Gasteiger partial charge in [-0.1, -0.05) is 43.5 Å². The zero-order chi connectivity index (χ0) is 25.7. The fourth-order valence-corrected chi connectivity index (χ4v) is 4.94. The molecule has 0 saturated heterocycles. The standard InChI is InChI=1S/C26H24F5N3OS/c27-21-22(28)24(30)26(25(31)23(21)29)36-33-14-20(35)34(19-9-5-2-6-10-19)15-18-12-11-17(13-32-18)16-7-3-1-4-8-16/h2,5-6,9-13,16,33H,1,3-4,7-8,14-15H2. The van der Waals surface area contributed by atoms with Crippen molar-refractivity contribution >= 4 is 23.5 Å². The fraction of sp³-hybridized carbons (Fsp3) is 0.308. The van der Waals surface area contributed by atoms with Crippen molar-refractivity contribution < 1.29 is 26.7 Å². The van der Waals surface area contributed by atoms with Gasteiger partial charge in [-0.2, -0.15) is 0 Å². The molecule has 4 nitrogen and oxygen atoms in total. The number of amides is 1. The van der Waals surface area contributed by atoms with Crippen LogP contribution in [0.1, 0.15) is 49.3 Å². The average molecular weight is 522 g/mol. The van der Waals surface area contributed by atoms with Crippen LogP contribution < -0.4 is 9.62 Å². The highest BCUT2D eigenvalue weighted by molar-refractivity contribution is 7.97. The molecule has 0 bridgehead atoms. The Bertz CT molecular complexity index is 1180. The lowest BCUT2D eigenvalue weighted by Gasteiger charge is -2.24. The molecule has 10 heteroatoms. The maximum absolute atomic E-state index is 13.9. The molecule has 1 heterocycles. The van der Waals surface area contributed by atoms with Crippen LogP contribution in [-0.2, 0) is 11.3 Å². The molecule has 1 N–H and O–H groups in total. The van der Waals surface area contributed by atoms with Crippen molar-refractivity contribution in [2.45, 2.75) is 49.5 Å². The Morgan fingerprint density at radius 1 is 0.889 bits per heavy atom. The molecule has 2 aromatic carbocycles. The van der Waals surface area contributed by atoms with E-state index in [-0.39, 0.29) is 18.5 Å². The molecule has 0 atom stereocenters. The van der Waals surface area contributed by atoms with E-state index in [2.05, 4.69) is 9.71 Å². The minimum Gasteiger partial charge on any atom is -0.305 e. The van der Waals surface area contributed by atoms with Gasteiger partial charge in [0.05, 0.1) is 18.8 Å². The van der Waals surface area contributed by atoms with Crippen molar-refractivity contribution in [2.24, 2.45) is 0 Å². The van der Waals surface area contributed by atoms with E-state index >= 15 is 0 Å². The molecule has 1 saturated carbocycles. The average Bonchev–Trinajstić information content (AvgIpc) is 2.92. The third-order valence-electron chi connectivity index (χ3n) is 6.18. The van der Waals surface area contributed by atoms with Crippen LogP contribution in [0.4, 0.5) is 27.6 Å². The van der Waals surface area contributed by atoms with Gasteiger partial charge in [-0.15, -0.1) is 0 Å². The molecular weight excluding hydrogens is 497 g/mol. The largest absolute Gasteiger partial charge is 0.305 e. The number of anilines is 1. The van der Waals surface area contributed by atoms with Gasteiger partial charge in [0.25, 0.3) is 0 Å². The summed E-state index contributed by atoms with van der Waals surface area (Å²) in [5.41, 5.74) is 2.40. The van der Waals surface area contributed by atoms with Gasteiger partial charge in [0.15, 0.2) is 23.3 Å². The summed E-state index contributed by atoms with van der Waals surface area (Å²) in [6.07, 6.45) is 7.80. The van der Waals surface area contributed by atoms with Crippen molar-refractivity contribution in [3.63, 3.8) is 0 Å². The minimum absolute atomic E-state index is 0.142. The van der Waals surface area contributed by atoms with E-state index in [9.17, 15) is 26.7 Å². The van der Waals surface area contributed by atoms with Gasteiger partial charge in [0, 0.05) is 11.9 Å². The molecular formula is C26H24F5N3OS. The molecule has 190 valence electrons. The van der Waals surface area contributed by atoms with Crippen LogP contribution in [0.3, 0.4) is 0 Å². The zero-order valence-corrected chi connectivity index (χ0v) is 20.1. The second kappa shape index (κ2) is 11.8. The molecule has 0 spiro atoms. The lowest BCUT2D eigenvalue weighted by molar-refractivity contribution is -0.117. The molecule has 0 aliphatic heterocycles. The maximum atomic E-state index is 13.9. The summed E-state index contributed by atoms with van der Waals surface area (Å²) >= 11 is 0.166. The molecule has 4 rings (SSSR count). The van der Waals surface area contributed by atoms with Crippen molar-refractivity contribution in [2.75, 3.05) is 11.4 Å². The van der Waals surface area contributed by atoms with Gasteiger partial charge in [0.1, 0.15) is 4.90 Å². The van der Waals surface area contributed by atoms with Crippen LogP contribution in [0.2, 0.25) is 0 Å². The van der Waals surface area contributed by atoms with Crippen molar-refractivity contribution in [3.05, 3.63) is 89.0 Å². The van der Waals surface area contributed by atoms with Crippen LogP contribution in [0.25, 0.3) is 0 Å². The van der Waals surface area contributed by atoms with Gasteiger partial charge < -0.3 is 4.90 Å². The number of carbonyl (C=O) groups is 1. The maximum Gasteiger partial charge on any atom is 0.242 e. The van der Waals surface area contributed by atoms with Gasteiger partial charge in [-0.05, 0) is 54.5 Å². The first-order chi connectivity index (χ1) is 17.4. The minimum atomic E-state index is -2.23. The number of nitrogens with one attached hydrogen (secondary N) is 1. The number of halogens is 5. The molecule has 1 aromatic heterocycles. The van der Waals surface area contributed by atoms with E-state index < -0.39 is 46.4 Å². The Morgan fingerprint density at radius 2 is 1.53 bits per heavy atom. The molecule has 0 unspecified atom stereocenters. The topological polar surface area (TPSA) is 45.2 Å². The van der Waals surface area contributed by atoms with Crippen molar-refractivity contribution in [1.82, 2.24) is 9.71 Å². The Balaban J connectivity index is 1.46. The lowest BCUT2D eigenvalue weighted by atomic mass is 9.85. The first kappa shape index (κ1) is 26.1. The van der Waals surface area contributed by atoms with Gasteiger partial charge in [-0.25, -0.2) is 22.0 Å². The summed E-state index contributed by atoms with van der Waals surface area (Å²) in [5.74, 6) is -10.2. The highest BCUT2D eigenvalue weighted by atomic mass is 32.2. The number of nitrogens with zero attached hydrogens (tertiary/aromatic N) is 2. The molecule has 1 aliphatic rings. The Kier molecular flexibility index (Phi) is 8.58. The van der Waals surface area contributed by atoms with Gasteiger partial charge in [-0.3, -0.25) is 14.5 Å². The summed E-state index contributed by atoms with van der Waals surface area (Å²) in [7, 11) is 0. The van der Waals surface area contributed by atoms with Crippen LogP contribution in [0, 0.1) is 29.1 Å². The van der Waals surface area contributed by atoms with E-state index in [1.807, 2.05) is 18.3 Å². The summed E-state index contributed by atoms with van der Waals surface area (Å²) < 4.78 is 70.4. The molecule has 1 fully saturated rings. The van der Waals surface area contributed by atoms with Crippen LogP contribution in [0.15, 0.2) is 53.6 Å². The van der Waals surface area contributed by atoms with Crippen LogP contribution >= 0.6 is 11.9 Å². The number of aromatic nitrogens is 1. The fourth-order valence-electron chi connectivity index (χ4n) is 4.24. The second-order valence-electron chi connectivity index (χ2n) is 8.56. The molecule has 36 heavy (non-hydrogen) atoms. The van der Waals surface area contributed by atoms with E-state index in [1.54, 1.807) is 30.3 Å². The summed E-state index contributed by atoms with van der Waals surface area (Å²) in [5, 5.41) is 0. The molecule has 0 radical (unpaired) electrons. The Morgan fingerprint density at radius 3 is 2.14 bits per heavy atom. The van der Waals surface area contributed by atoms with Crippen LogP contribution in [-0.4, -0.2) is 17.4 Å². The predicted octanol–water partition coefficient (Wildman–Crippen LogP) is 6.65. The third-order valence-corrected chi connectivity index (χ3v) is 7.03. The second-order valence-corrected chi connectivity index (χ2v) is 9.46. The predicted molar refractivity (Wildman–Crippen MR) is 128 cm³/mol. The zero-order valence-electron chi connectivity index (χ0n) is 19.2. The van der Waals surface area contributed by atoms with Crippen molar-refractivity contribution in [3.8, 4) is 0 Å². The first-order valence-corrected chi connectivity index (χ1v) is 12.4. The number of hydrogen-bond acceptors (Lipinski definition) is 4. The number of rotatable bonds is 8. The Labute approximate surface area is 210 Å². The Hall–Kier alpha value is -2.98. The number of hydrogen-bond donors (Lipinski definition) is 1. The molecule has 1 amide bonds. The van der Waals surface area contributed by atoms with Crippen LogP contribution in [0.5, 0.6) is 0 Å². The smallest absolute Gasteiger partial charge is 0.242 e. The normalized spacial score (nSPS) is 14.1. The highest BCUT2D eigenvalue weighted by Crippen LogP contribution is 2.32. The van der Waals surface area contributed by atoms with E-state index in [0.29, 0.717) is 17.3 Å². The van der Waals surface area contributed by atoms with Gasteiger partial charge >= 0.3 is 0 Å².